The van der Waals surface area contributed by atoms with Crippen molar-refractivity contribution in [2.45, 2.75) is 39.5 Å². The van der Waals surface area contributed by atoms with Crippen LogP contribution in [0.15, 0.2) is 11.4 Å². The van der Waals surface area contributed by atoms with E-state index in [0.29, 0.717) is 16.0 Å². The number of rotatable bonds is 3. The number of amides is 1. The van der Waals surface area contributed by atoms with Gasteiger partial charge in [0.2, 0.25) is 0 Å². The van der Waals surface area contributed by atoms with Gasteiger partial charge in [0, 0.05) is 13.1 Å². The van der Waals surface area contributed by atoms with E-state index in [-0.39, 0.29) is 5.91 Å². The molecule has 0 radical (unpaired) electrons. The number of nitrogens with zero attached hydrogens (tertiary/aromatic N) is 1. The lowest BCUT2D eigenvalue weighted by atomic mass is 9.74. The normalized spacial score (nSPS) is 18.9. The minimum Gasteiger partial charge on any atom is -0.397 e. The highest BCUT2D eigenvalue weighted by Gasteiger charge is 2.33. The molecule has 2 N–H and O–H groups in total. The van der Waals surface area contributed by atoms with Crippen LogP contribution in [-0.2, 0) is 0 Å². The molecule has 0 aliphatic carbocycles. The molecule has 1 aromatic heterocycles. The fourth-order valence-corrected chi connectivity index (χ4v) is 3.56. The Labute approximate surface area is 113 Å². The third kappa shape index (κ3) is 2.39. The van der Waals surface area contributed by atoms with E-state index < -0.39 is 0 Å². The Bertz CT molecular complexity index is 413. The number of anilines is 1. The fraction of sp³-hybridized carbons (Fsp3) is 0.643. The highest BCUT2D eigenvalue weighted by molar-refractivity contribution is 7.12. The summed E-state index contributed by atoms with van der Waals surface area (Å²) in [5, 5.41) is 1.88. The van der Waals surface area contributed by atoms with Gasteiger partial charge in [0.15, 0.2) is 0 Å². The Balaban J connectivity index is 2.02. The Morgan fingerprint density at radius 2 is 2.00 bits per heavy atom. The monoisotopic (exact) mass is 266 g/mol. The quantitative estimate of drug-likeness (QED) is 0.911. The van der Waals surface area contributed by atoms with Crippen LogP contribution in [0.1, 0.15) is 49.2 Å². The van der Waals surface area contributed by atoms with Gasteiger partial charge in [-0.1, -0.05) is 26.7 Å². The first-order valence-corrected chi connectivity index (χ1v) is 7.62. The van der Waals surface area contributed by atoms with Crippen LogP contribution in [0, 0.1) is 5.41 Å². The van der Waals surface area contributed by atoms with Crippen LogP contribution in [0.4, 0.5) is 5.69 Å². The lowest BCUT2D eigenvalue weighted by Crippen LogP contribution is -2.42. The SMILES string of the molecule is CCC1(CC)CCN(C(=O)c2sccc2N)CC1. The largest absolute Gasteiger partial charge is 0.397 e. The Hall–Kier alpha value is -1.03. The molecule has 1 aliphatic heterocycles. The molecule has 1 saturated heterocycles. The van der Waals surface area contributed by atoms with Gasteiger partial charge >= 0.3 is 0 Å². The van der Waals surface area contributed by atoms with Gasteiger partial charge in [0.1, 0.15) is 4.88 Å². The number of piperidine rings is 1. The molecule has 100 valence electrons. The van der Waals surface area contributed by atoms with Crippen LogP contribution in [0.5, 0.6) is 0 Å². The Kier molecular flexibility index (Phi) is 3.95. The summed E-state index contributed by atoms with van der Waals surface area (Å²) in [5.74, 6) is 0.114. The number of nitrogen functional groups attached to an aromatic ring is 1. The minimum atomic E-state index is 0.114. The minimum absolute atomic E-state index is 0.114. The van der Waals surface area contributed by atoms with Gasteiger partial charge in [-0.25, -0.2) is 0 Å². The molecule has 0 aromatic carbocycles. The fourth-order valence-electron chi connectivity index (χ4n) is 2.78. The number of likely N-dealkylation sites (tertiary alicyclic amines) is 1. The van der Waals surface area contributed by atoms with Crippen molar-refractivity contribution in [3.05, 3.63) is 16.3 Å². The van der Waals surface area contributed by atoms with Crippen LogP contribution in [0.25, 0.3) is 0 Å². The van der Waals surface area contributed by atoms with Crippen molar-refractivity contribution >= 4 is 22.9 Å². The summed E-state index contributed by atoms with van der Waals surface area (Å²) in [4.78, 5) is 15.0. The molecule has 0 atom stereocenters. The maximum atomic E-state index is 12.3. The molecule has 1 aromatic rings. The standard InChI is InChI=1S/C14H22N2OS/c1-3-14(4-2)6-8-16(9-7-14)13(17)12-11(15)5-10-18-12/h5,10H,3-4,6-9,15H2,1-2H3. The zero-order chi connectivity index (χ0) is 13.2. The van der Waals surface area contributed by atoms with Gasteiger partial charge in [0.05, 0.1) is 5.69 Å². The van der Waals surface area contributed by atoms with Gasteiger partial charge in [-0.15, -0.1) is 11.3 Å². The summed E-state index contributed by atoms with van der Waals surface area (Å²) in [7, 11) is 0. The van der Waals surface area contributed by atoms with E-state index in [4.69, 9.17) is 5.73 Å². The number of hydrogen-bond acceptors (Lipinski definition) is 3. The molecule has 0 spiro atoms. The summed E-state index contributed by atoms with van der Waals surface area (Å²) in [6, 6.07) is 1.81. The molecule has 3 nitrogen and oxygen atoms in total. The van der Waals surface area contributed by atoms with E-state index >= 15 is 0 Å². The number of hydrogen-bond donors (Lipinski definition) is 1. The second-order valence-electron chi connectivity index (χ2n) is 5.20. The predicted octanol–water partition coefficient (Wildman–Crippen LogP) is 3.37. The number of nitrogens with two attached hydrogens (primary N) is 1. The van der Waals surface area contributed by atoms with E-state index in [9.17, 15) is 4.79 Å². The summed E-state index contributed by atoms with van der Waals surface area (Å²) in [5.41, 5.74) is 6.89. The average molecular weight is 266 g/mol. The molecule has 1 amide bonds. The van der Waals surface area contributed by atoms with Crippen LogP contribution in [-0.4, -0.2) is 23.9 Å². The van der Waals surface area contributed by atoms with Crippen LogP contribution in [0.3, 0.4) is 0 Å². The zero-order valence-corrected chi connectivity index (χ0v) is 12.1. The third-order valence-electron chi connectivity index (χ3n) is 4.50. The van der Waals surface area contributed by atoms with Gasteiger partial charge in [-0.05, 0) is 29.7 Å². The lowest BCUT2D eigenvalue weighted by molar-refractivity contribution is 0.0563. The molecule has 2 heterocycles. The van der Waals surface area contributed by atoms with E-state index in [1.165, 1.54) is 24.2 Å². The first-order chi connectivity index (χ1) is 8.62. The Morgan fingerprint density at radius 1 is 1.39 bits per heavy atom. The van der Waals surface area contributed by atoms with Crippen molar-refractivity contribution in [2.75, 3.05) is 18.8 Å². The highest BCUT2D eigenvalue weighted by atomic mass is 32.1. The molecule has 4 heteroatoms. The maximum Gasteiger partial charge on any atom is 0.266 e. The van der Waals surface area contributed by atoms with E-state index in [2.05, 4.69) is 13.8 Å². The van der Waals surface area contributed by atoms with Crippen molar-refractivity contribution in [2.24, 2.45) is 5.41 Å². The molecule has 1 fully saturated rings. The zero-order valence-electron chi connectivity index (χ0n) is 11.2. The number of carbonyl (C=O) groups is 1. The predicted molar refractivity (Wildman–Crippen MR) is 76.9 cm³/mol. The highest BCUT2D eigenvalue weighted by Crippen LogP contribution is 2.38. The van der Waals surface area contributed by atoms with Gasteiger partial charge < -0.3 is 10.6 Å². The first kappa shape index (κ1) is 13.4. The van der Waals surface area contributed by atoms with Crippen molar-refractivity contribution < 1.29 is 4.79 Å². The second-order valence-corrected chi connectivity index (χ2v) is 6.12. The molecule has 18 heavy (non-hydrogen) atoms. The van der Waals surface area contributed by atoms with Crippen molar-refractivity contribution in [1.29, 1.82) is 0 Å². The smallest absolute Gasteiger partial charge is 0.266 e. The van der Waals surface area contributed by atoms with E-state index in [0.717, 1.165) is 25.9 Å². The van der Waals surface area contributed by atoms with Crippen LogP contribution < -0.4 is 5.73 Å². The van der Waals surface area contributed by atoms with Gasteiger partial charge in [-0.2, -0.15) is 0 Å². The first-order valence-electron chi connectivity index (χ1n) is 6.74. The number of carbonyl (C=O) groups excluding carboxylic acids is 1. The van der Waals surface area contributed by atoms with Gasteiger partial charge in [-0.3, -0.25) is 4.79 Å². The van der Waals surface area contributed by atoms with E-state index in [1.54, 1.807) is 0 Å². The second kappa shape index (κ2) is 5.31. The van der Waals surface area contributed by atoms with E-state index in [1.807, 2.05) is 16.3 Å². The van der Waals surface area contributed by atoms with Crippen molar-refractivity contribution in [1.82, 2.24) is 4.90 Å². The topological polar surface area (TPSA) is 46.3 Å². The molecular weight excluding hydrogens is 244 g/mol. The molecule has 1 aliphatic rings. The van der Waals surface area contributed by atoms with Crippen LogP contribution >= 0.6 is 11.3 Å². The summed E-state index contributed by atoms with van der Waals surface area (Å²) in [6.45, 7) is 6.27. The molecule has 0 bridgehead atoms. The number of thiophene rings is 1. The van der Waals surface area contributed by atoms with Crippen LogP contribution in [0.2, 0.25) is 0 Å². The van der Waals surface area contributed by atoms with Crippen molar-refractivity contribution in [3.8, 4) is 0 Å². The molecule has 2 rings (SSSR count). The Morgan fingerprint density at radius 3 is 2.44 bits per heavy atom. The third-order valence-corrected chi connectivity index (χ3v) is 5.42. The molecule has 0 saturated carbocycles. The summed E-state index contributed by atoms with van der Waals surface area (Å²) < 4.78 is 0. The lowest BCUT2D eigenvalue weighted by Gasteiger charge is -2.40. The summed E-state index contributed by atoms with van der Waals surface area (Å²) in [6.07, 6.45) is 4.67. The maximum absolute atomic E-state index is 12.3. The molecule has 0 unspecified atom stereocenters. The average Bonchev–Trinajstić information content (AvgIpc) is 2.84. The van der Waals surface area contributed by atoms with Gasteiger partial charge in [0.25, 0.3) is 5.91 Å². The summed E-state index contributed by atoms with van der Waals surface area (Å²) >= 11 is 1.45. The molecular formula is C14H22N2OS. The van der Waals surface area contributed by atoms with Crippen molar-refractivity contribution in [3.63, 3.8) is 0 Å².